The van der Waals surface area contributed by atoms with Crippen LogP contribution in [0.4, 0.5) is 13.2 Å². The Kier molecular flexibility index (Phi) is 12.8. The van der Waals surface area contributed by atoms with Crippen LogP contribution in [0.2, 0.25) is 0 Å². The van der Waals surface area contributed by atoms with E-state index in [9.17, 15) is 13.2 Å². The Balaban J connectivity index is 0.000000125. The number of hydrogen-bond donors (Lipinski definition) is 0. The molecule has 0 aliphatic carbocycles. The van der Waals surface area contributed by atoms with Gasteiger partial charge in [0.2, 0.25) is 0 Å². The zero-order valence-corrected chi connectivity index (χ0v) is 38.9. The molecule has 6 aromatic carbocycles. The second-order valence-corrected chi connectivity index (χ2v) is 15.6. The fourth-order valence-corrected chi connectivity index (χ4v) is 8.54. The summed E-state index contributed by atoms with van der Waals surface area (Å²) in [6.45, 7) is 6.31. The summed E-state index contributed by atoms with van der Waals surface area (Å²) in [4.78, 5) is 12.8. The predicted molar refractivity (Wildman–Crippen MR) is 255 cm³/mol. The molecule has 67 heavy (non-hydrogen) atoms. The number of aromatic nitrogens is 3. The van der Waals surface area contributed by atoms with Crippen molar-refractivity contribution in [2.75, 3.05) is 0 Å². The second-order valence-electron chi connectivity index (χ2n) is 15.6. The second kappa shape index (κ2) is 19.2. The molecular weight excluding hydrogens is 1020 g/mol. The van der Waals surface area contributed by atoms with Gasteiger partial charge in [-0.25, -0.2) is 13.2 Å². The van der Waals surface area contributed by atoms with Crippen molar-refractivity contribution in [2.24, 2.45) is 0 Å². The number of rotatable bonds is 6. The van der Waals surface area contributed by atoms with E-state index in [4.69, 9.17) is 13.3 Å². The molecular formula is C57H39F3IrN3O3. The first-order valence-corrected chi connectivity index (χ1v) is 21.7. The van der Waals surface area contributed by atoms with Gasteiger partial charge in [0.25, 0.3) is 0 Å². The number of benzene rings is 6. The van der Waals surface area contributed by atoms with Crippen LogP contribution in [0.1, 0.15) is 37.5 Å². The monoisotopic (exact) mass is 1060 g/mol. The molecule has 0 unspecified atom stereocenters. The summed E-state index contributed by atoms with van der Waals surface area (Å²) in [5.41, 5.74) is 11.8. The van der Waals surface area contributed by atoms with Crippen LogP contribution < -0.4 is 0 Å². The van der Waals surface area contributed by atoms with E-state index < -0.39 is 0 Å². The first-order valence-electron chi connectivity index (χ1n) is 21.7. The molecule has 12 aromatic rings. The molecule has 0 bridgehead atoms. The van der Waals surface area contributed by atoms with Crippen LogP contribution in [0.3, 0.4) is 0 Å². The molecule has 0 aliphatic rings. The van der Waals surface area contributed by atoms with Gasteiger partial charge in [-0.1, -0.05) is 127 Å². The Labute approximate surface area is 397 Å². The minimum atomic E-state index is -0.317. The van der Waals surface area contributed by atoms with Gasteiger partial charge in [0, 0.05) is 34.7 Å². The number of aryl methyl sites for hydroxylation is 3. The van der Waals surface area contributed by atoms with Gasteiger partial charge in [0.1, 0.15) is 34.2 Å². The minimum absolute atomic E-state index is 0. The van der Waals surface area contributed by atoms with Gasteiger partial charge in [-0.15, -0.1) is 53.1 Å². The number of hydrogen-bond acceptors (Lipinski definition) is 6. The van der Waals surface area contributed by atoms with Crippen LogP contribution in [-0.2, 0) is 39.4 Å². The average molecular weight is 1060 g/mol. The summed E-state index contributed by atoms with van der Waals surface area (Å²) >= 11 is 0. The molecule has 0 radical (unpaired) electrons. The molecule has 0 N–H and O–H groups in total. The maximum atomic E-state index is 13.5. The van der Waals surface area contributed by atoms with E-state index in [1.165, 1.54) is 71.7 Å². The quantitative estimate of drug-likeness (QED) is 0.154. The summed E-state index contributed by atoms with van der Waals surface area (Å²) in [7, 11) is 0. The molecule has 0 fully saturated rings. The largest absolute Gasteiger partial charge is 3.00 e. The summed E-state index contributed by atoms with van der Waals surface area (Å²) < 4.78 is 58.6. The Morgan fingerprint density at radius 3 is 0.970 bits per heavy atom. The third-order valence-electron chi connectivity index (χ3n) is 11.7. The van der Waals surface area contributed by atoms with Crippen LogP contribution in [-0.4, -0.2) is 15.0 Å². The van der Waals surface area contributed by atoms with E-state index >= 15 is 0 Å². The Hall–Kier alpha value is -7.39. The van der Waals surface area contributed by atoms with Gasteiger partial charge in [-0.2, -0.15) is 0 Å². The fourth-order valence-electron chi connectivity index (χ4n) is 8.54. The van der Waals surface area contributed by atoms with Gasteiger partial charge in [0.15, 0.2) is 0 Å². The molecule has 0 saturated carbocycles. The third kappa shape index (κ3) is 8.50. The van der Waals surface area contributed by atoms with Gasteiger partial charge >= 0.3 is 20.1 Å². The van der Waals surface area contributed by atoms with Crippen LogP contribution in [0.25, 0.3) is 99.6 Å². The molecule has 330 valence electrons. The number of halogens is 3. The van der Waals surface area contributed by atoms with Crippen molar-refractivity contribution < 1.29 is 46.5 Å². The average Bonchev–Trinajstić information content (AvgIpc) is 4.06. The number of nitrogens with zero attached hydrogens (tertiary/aromatic N) is 3. The van der Waals surface area contributed by atoms with Crippen LogP contribution in [0.5, 0.6) is 0 Å². The molecule has 12 rings (SSSR count). The molecule has 0 aliphatic heterocycles. The van der Waals surface area contributed by atoms with Gasteiger partial charge in [-0.3, -0.25) is 0 Å². The van der Waals surface area contributed by atoms with Gasteiger partial charge in [-0.05, 0) is 71.7 Å². The Morgan fingerprint density at radius 2 is 0.701 bits per heavy atom. The van der Waals surface area contributed by atoms with E-state index in [1.54, 1.807) is 0 Å². The molecule has 6 aromatic heterocycles. The molecule has 0 amide bonds. The topological polar surface area (TPSA) is 78.1 Å². The Bertz CT molecular complexity index is 3360. The smallest absolute Gasteiger partial charge is 0.501 e. The van der Waals surface area contributed by atoms with Gasteiger partial charge in [0.05, 0.1) is 16.7 Å². The summed E-state index contributed by atoms with van der Waals surface area (Å²) in [6, 6.07) is 47.5. The van der Waals surface area contributed by atoms with E-state index in [-0.39, 0.29) is 37.6 Å². The molecule has 10 heteroatoms. The maximum absolute atomic E-state index is 13.5. The summed E-state index contributed by atoms with van der Waals surface area (Å²) in [6.07, 6.45) is 7.02. The zero-order valence-electron chi connectivity index (χ0n) is 36.5. The third-order valence-corrected chi connectivity index (χ3v) is 11.7. The summed E-state index contributed by atoms with van der Waals surface area (Å²) in [5, 5.41) is 6.41. The normalized spacial score (nSPS) is 11.2. The fraction of sp³-hybridized carbons (Fsp3) is 0.105. The standard InChI is InChI=1S/3C19H13FNO.Ir/c3*1-2-12-7-8-14(16-11-13(20)9-10-21-16)19-18(12)15-5-3-4-6-17(15)22-19;/h3*3-7,9-11H,2H2,1H3;/q3*-1;+3. The Morgan fingerprint density at radius 1 is 0.418 bits per heavy atom. The van der Waals surface area contributed by atoms with Crippen LogP contribution in [0, 0.1) is 35.7 Å². The number of fused-ring (bicyclic) bond motifs is 9. The minimum Gasteiger partial charge on any atom is -0.501 e. The van der Waals surface area contributed by atoms with E-state index in [1.807, 2.05) is 91.0 Å². The van der Waals surface area contributed by atoms with Crippen molar-refractivity contribution in [1.82, 2.24) is 15.0 Å². The molecule has 6 nitrogen and oxygen atoms in total. The molecule has 0 spiro atoms. The van der Waals surface area contributed by atoms with Crippen molar-refractivity contribution in [3.8, 4) is 33.8 Å². The number of furan rings is 3. The van der Waals surface area contributed by atoms with Crippen molar-refractivity contribution in [1.29, 1.82) is 0 Å². The van der Waals surface area contributed by atoms with E-state index in [0.29, 0.717) is 33.8 Å². The van der Waals surface area contributed by atoms with Crippen LogP contribution in [0.15, 0.2) is 159 Å². The van der Waals surface area contributed by atoms with E-state index in [0.717, 1.165) is 85.1 Å². The van der Waals surface area contributed by atoms with E-state index in [2.05, 4.69) is 53.9 Å². The van der Waals surface area contributed by atoms with Crippen molar-refractivity contribution in [3.05, 3.63) is 198 Å². The molecule has 0 atom stereocenters. The van der Waals surface area contributed by atoms with Crippen molar-refractivity contribution >= 4 is 65.8 Å². The number of pyridine rings is 3. The zero-order chi connectivity index (χ0) is 45.3. The first kappa shape index (κ1) is 44.8. The van der Waals surface area contributed by atoms with Crippen molar-refractivity contribution in [2.45, 2.75) is 40.0 Å². The number of para-hydroxylation sites is 3. The predicted octanol–water partition coefficient (Wildman–Crippen LogP) is 15.4. The maximum Gasteiger partial charge on any atom is 3.00 e. The van der Waals surface area contributed by atoms with Crippen molar-refractivity contribution in [3.63, 3.8) is 0 Å². The first-order chi connectivity index (χ1) is 32.3. The van der Waals surface area contributed by atoms with Crippen LogP contribution >= 0.6 is 0 Å². The SMILES string of the molecule is CCc1c[c-]c(-c2cc(F)ccn2)c2oc3ccccc3c12.CCc1c[c-]c(-c2cc(F)ccn2)c2oc3ccccc3c12.CCc1c[c-]c(-c2cc(F)ccn2)c2oc3ccccc3c12.[Ir+3]. The van der Waals surface area contributed by atoms with Gasteiger partial charge < -0.3 is 28.2 Å². The summed E-state index contributed by atoms with van der Waals surface area (Å²) in [5.74, 6) is -0.952. The molecule has 6 heterocycles. The molecule has 0 saturated heterocycles.